The minimum Gasteiger partial charge on any atom is -0.355 e. The number of hydrogen-bond acceptors (Lipinski definition) is 1. The number of amides is 1. The maximum absolute atomic E-state index is 11.2. The van der Waals surface area contributed by atoms with Gasteiger partial charge < -0.3 is 5.32 Å². The van der Waals surface area contributed by atoms with Crippen LogP contribution in [0.2, 0.25) is 0 Å². The Labute approximate surface area is 72.3 Å². The van der Waals surface area contributed by atoms with Crippen molar-refractivity contribution in [1.29, 1.82) is 0 Å². The zero-order chi connectivity index (χ0) is 8.48. The summed E-state index contributed by atoms with van der Waals surface area (Å²) >= 11 is 5.43. The van der Waals surface area contributed by atoms with Crippen LogP contribution >= 0.6 is 11.6 Å². The van der Waals surface area contributed by atoms with Crippen LogP contribution in [-0.2, 0) is 4.79 Å². The van der Waals surface area contributed by atoms with Gasteiger partial charge in [-0.15, -0.1) is 11.6 Å². The summed E-state index contributed by atoms with van der Waals surface area (Å²) in [5, 5.41) is 2.78. The van der Waals surface area contributed by atoms with E-state index in [2.05, 4.69) is 19.2 Å². The van der Waals surface area contributed by atoms with Gasteiger partial charge in [-0.1, -0.05) is 13.8 Å². The van der Waals surface area contributed by atoms with Crippen LogP contribution in [0.3, 0.4) is 0 Å². The molecule has 0 saturated heterocycles. The fourth-order valence-electron chi connectivity index (χ4n) is 1.21. The Morgan fingerprint density at radius 2 is 2.27 bits per heavy atom. The fourth-order valence-corrected chi connectivity index (χ4v) is 1.30. The normalized spacial score (nSPS) is 26.3. The SMILES string of the molecule is CC1(C)CC1C(=O)NCCCl. The number of nitrogens with one attached hydrogen (secondary N) is 1. The Bertz CT molecular complexity index is 167. The third-order valence-corrected chi connectivity index (χ3v) is 2.41. The Morgan fingerprint density at radius 3 is 2.64 bits per heavy atom. The number of halogens is 1. The molecule has 1 amide bonds. The van der Waals surface area contributed by atoms with E-state index in [-0.39, 0.29) is 17.2 Å². The lowest BCUT2D eigenvalue weighted by molar-refractivity contribution is -0.122. The molecule has 11 heavy (non-hydrogen) atoms. The van der Waals surface area contributed by atoms with Gasteiger partial charge in [0.25, 0.3) is 0 Å². The Kier molecular flexibility index (Phi) is 2.43. The van der Waals surface area contributed by atoms with E-state index in [1.165, 1.54) is 0 Å². The van der Waals surface area contributed by atoms with Crippen LogP contribution in [0.1, 0.15) is 20.3 Å². The van der Waals surface area contributed by atoms with Crippen molar-refractivity contribution in [2.75, 3.05) is 12.4 Å². The summed E-state index contributed by atoms with van der Waals surface area (Å²) in [6.07, 6.45) is 1.01. The minimum atomic E-state index is 0.163. The topological polar surface area (TPSA) is 29.1 Å². The molecule has 0 aromatic rings. The molecular formula is C8H14ClNO. The molecule has 2 nitrogen and oxygen atoms in total. The summed E-state index contributed by atoms with van der Waals surface area (Å²) < 4.78 is 0. The van der Waals surface area contributed by atoms with Gasteiger partial charge in [0.05, 0.1) is 0 Å². The number of carbonyl (C=O) groups is 1. The first-order valence-corrected chi connectivity index (χ1v) is 4.45. The third kappa shape index (κ3) is 2.09. The second-order valence-corrected chi connectivity index (χ2v) is 4.10. The van der Waals surface area contributed by atoms with E-state index in [0.717, 1.165) is 6.42 Å². The van der Waals surface area contributed by atoms with Gasteiger partial charge in [-0.25, -0.2) is 0 Å². The van der Waals surface area contributed by atoms with Gasteiger partial charge in [-0.05, 0) is 11.8 Å². The largest absolute Gasteiger partial charge is 0.355 e. The zero-order valence-electron chi connectivity index (χ0n) is 6.98. The molecule has 1 rings (SSSR count). The molecule has 1 fully saturated rings. The summed E-state index contributed by atoms with van der Waals surface area (Å²) in [5.74, 6) is 0.889. The molecule has 0 aliphatic heterocycles. The van der Waals surface area contributed by atoms with Gasteiger partial charge in [0.15, 0.2) is 0 Å². The van der Waals surface area contributed by atoms with Crippen molar-refractivity contribution >= 4 is 17.5 Å². The molecule has 1 atom stereocenters. The minimum absolute atomic E-state index is 0.163. The first kappa shape index (κ1) is 8.85. The average molecular weight is 176 g/mol. The van der Waals surface area contributed by atoms with E-state index >= 15 is 0 Å². The average Bonchev–Trinajstić information content (AvgIpc) is 2.55. The Morgan fingerprint density at radius 1 is 1.73 bits per heavy atom. The Balaban J connectivity index is 2.23. The predicted octanol–water partition coefficient (Wildman–Crippen LogP) is 1.39. The van der Waals surface area contributed by atoms with E-state index in [9.17, 15) is 4.79 Å². The second kappa shape index (κ2) is 3.02. The molecule has 0 heterocycles. The third-order valence-electron chi connectivity index (χ3n) is 2.22. The number of carbonyl (C=O) groups excluding carboxylic acids is 1. The van der Waals surface area contributed by atoms with Crippen LogP contribution in [0.5, 0.6) is 0 Å². The molecule has 0 radical (unpaired) electrons. The first-order valence-electron chi connectivity index (χ1n) is 3.91. The molecule has 1 aliphatic carbocycles. The lowest BCUT2D eigenvalue weighted by Gasteiger charge is -2.03. The van der Waals surface area contributed by atoms with Gasteiger partial charge in [-0.3, -0.25) is 4.79 Å². The summed E-state index contributed by atoms with van der Waals surface area (Å²) in [6, 6.07) is 0. The molecular weight excluding hydrogens is 162 g/mol. The van der Waals surface area contributed by atoms with E-state index in [1.807, 2.05) is 0 Å². The molecule has 0 aromatic heterocycles. The molecule has 1 saturated carbocycles. The van der Waals surface area contributed by atoms with Crippen LogP contribution in [0.15, 0.2) is 0 Å². The summed E-state index contributed by atoms with van der Waals surface area (Å²) in [4.78, 5) is 11.2. The molecule has 1 aliphatic rings. The molecule has 1 N–H and O–H groups in total. The highest BCUT2D eigenvalue weighted by Crippen LogP contribution is 2.51. The molecule has 0 spiro atoms. The molecule has 64 valence electrons. The molecule has 1 unspecified atom stereocenters. The monoisotopic (exact) mass is 175 g/mol. The zero-order valence-corrected chi connectivity index (χ0v) is 7.74. The van der Waals surface area contributed by atoms with E-state index in [4.69, 9.17) is 11.6 Å². The van der Waals surface area contributed by atoms with Crippen molar-refractivity contribution in [3.05, 3.63) is 0 Å². The Hall–Kier alpha value is -0.240. The van der Waals surface area contributed by atoms with Crippen LogP contribution in [0.4, 0.5) is 0 Å². The highest BCUT2D eigenvalue weighted by Gasteiger charge is 2.50. The van der Waals surface area contributed by atoms with Crippen molar-refractivity contribution in [1.82, 2.24) is 5.32 Å². The van der Waals surface area contributed by atoms with Crippen molar-refractivity contribution in [2.45, 2.75) is 20.3 Å². The standard InChI is InChI=1S/C8H14ClNO/c1-8(2)5-6(8)7(11)10-4-3-9/h6H,3-5H2,1-2H3,(H,10,11). The van der Waals surface area contributed by atoms with Gasteiger partial charge >= 0.3 is 0 Å². The van der Waals surface area contributed by atoms with Crippen LogP contribution in [-0.4, -0.2) is 18.3 Å². The molecule has 0 bridgehead atoms. The van der Waals surface area contributed by atoms with Crippen molar-refractivity contribution < 1.29 is 4.79 Å². The predicted molar refractivity (Wildman–Crippen MR) is 45.6 cm³/mol. The van der Waals surface area contributed by atoms with E-state index in [1.54, 1.807) is 0 Å². The van der Waals surface area contributed by atoms with Crippen molar-refractivity contribution in [3.8, 4) is 0 Å². The quantitative estimate of drug-likeness (QED) is 0.646. The van der Waals surface area contributed by atoms with Gasteiger partial charge in [0, 0.05) is 18.3 Å². The van der Waals surface area contributed by atoms with Gasteiger partial charge in [-0.2, -0.15) is 0 Å². The summed E-state index contributed by atoms with van der Waals surface area (Å²) in [5.41, 5.74) is 0.233. The number of rotatable bonds is 3. The van der Waals surface area contributed by atoms with E-state index in [0.29, 0.717) is 12.4 Å². The smallest absolute Gasteiger partial charge is 0.223 e. The lowest BCUT2D eigenvalue weighted by atomic mass is 10.1. The lowest BCUT2D eigenvalue weighted by Crippen LogP contribution is -2.28. The van der Waals surface area contributed by atoms with Gasteiger partial charge in [0.2, 0.25) is 5.91 Å². The van der Waals surface area contributed by atoms with Crippen LogP contribution in [0, 0.1) is 11.3 Å². The molecule has 3 heteroatoms. The molecule has 0 aromatic carbocycles. The highest BCUT2D eigenvalue weighted by molar-refractivity contribution is 6.18. The maximum Gasteiger partial charge on any atom is 0.223 e. The van der Waals surface area contributed by atoms with Crippen molar-refractivity contribution in [2.24, 2.45) is 11.3 Å². The maximum atomic E-state index is 11.2. The van der Waals surface area contributed by atoms with Crippen LogP contribution < -0.4 is 5.32 Å². The number of hydrogen-bond donors (Lipinski definition) is 1. The van der Waals surface area contributed by atoms with Gasteiger partial charge in [0.1, 0.15) is 0 Å². The van der Waals surface area contributed by atoms with E-state index < -0.39 is 0 Å². The fraction of sp³-hybridized carbons (Fsp3) is 0.875. The van der Waals surface area contributed by atoms with Crippen molar-refractivity contribution in [3.63, 3.8) is 0 Å². The summed E-state index contributed by atoms with van der Waals surface area (Å²) in [6.45, 7) is 4.81. The highest BCUT2D eigenvalue weighted by atomic mass is 35.5. The van der Waals surface area contributed by atoms with Crippen LogP contribution in [0.25, 0.3) is 0 Å². The number of alkyl halides is 1. The summed E-state index contributed by atoms with van der Waals surface area (Å²) in [7, 11) is 0. The first-order chi connectivity index (χ1) is 5.08. The second-order valence-electron chi connectivity index (χ2n) is 3.73.